The summed E-state index contributed by atoms with van der Waals surface area (Å²) < 4.78 is 5.79. The molecule has 0 aliphatic carbocycles. The molecule has 0 unspecified atom stereocenters. The summed E-state index contributed by atoms with van der Waals surface area (Å²) in [6.07, 6.45) is 5.85. The summed E-state index contributed by atoms with van der Waals surface area (Å²) in [4.78, 5) is 12.4. The summed E-state index contributed by atoms with van der Waals surface area (Å²) in [6.45, 7) is 7.80. The van der Waals surface area contributed by atoms with Crippen molar-refractivity contribution < 1.29 is 9.53 Å². The Morgan fingerprint density at radius 3 is 2.45 bits per heavy atom. The Bertz CT molecular complexity index is 457. The highest BCUT2D eigenvalue weighted by Gasteiger charge is 2.30. The van der Waals surface area contributed by atoms with Crippen molar-refractivity contribution in [2.24, 2.45) is 0 Å². The fourth-order valence-electron chi connectivity index (χ4n) is 2.19. The summed E-state index contributed by atoms with van der Waals surface area (Å²) >= 11 is 5.85. The predicted molar refractivity (Wildman–Crippen MR) is 92.5 cm³/mol. The Hall–Kier alpha value is -1.22. The molecule has 124 valence electrons. The van der Waals surface area contributed by atoms with E-state index >= 15 is 0 Å². The largest absolute Gasteiger partial charge is 0.478 e. The van der Waals surface area contributed by atoms with E-state index in [0.29, 0.717) is 10.8 Å². The smallest absolute Gasteiger partial charge is 0.263 e. The molecule has 22 heavy (non-hydrogen) atoms. The van der Waals surface area contributed by atoms with Crippen molar-refractivity contribution in [3.63, 3.8) is 0 Å². The molecule has 0 radical (unpaired) electrons. The number of unbranched alkanes of at least 4 members (excludes halogenated alkanes) is 3. The maximum atomic E-state index is 12.4. The second-order valence-electron chi connectivity index (χ2n) is 6.29. The lowest BCUT2D eigenvalue weighted by Gasteiger charge is -2.27. The molecule has 1 N–H and O–H groups in total. The quantitative estimate of drug-likeness (QED) is 0.651. The van der Waals surface area contributed by atoms with Gasteiger partial charge in [-0.15, -0.1) is 0 Å². The second kappa shape index (κ2) is 9.04. The molecule has 1 rings (SSSR count). The first-order chi connectivity index (χ1) is 10.3. The molecule has 1 aromatic rings. The van der Waals surface area contributed by atoms with Crippen LogP contribution in [0, 0.1) is 0 Å². The number of hydrogen-bond acceptors (Lipinski definition) is 2. The van der Waals surface area contributed by atoms with E-state index in [1.165, 1.54) is 19.3 Å². The van der Waals surface area contributed by atoms with E-state index in [4.69, 9.17) is 16.3 Å². The van der Waals surface area contributed by atoms with Crippen LogP contribution in [0.4, 0.5) is 0 Å². The molecule has 3 nitrogen and oxygen atoms in total. The van der Waals surface area contributed by atoms with E-state index in [1.807, 2.05) is 6.92 Å². The third-order valence-corrected chi connectivity index (χ3v) is 3.85. The molecule has 4 heteroatoms. The lowest BCUT2D eigenvalue weighted by Crippen LogP contribution is -2.49. The van der Waals surface area contributed by atoms with Crippen molar-refractivity contribution in [1.29, 1.82) is 0 Å². The molecule has 1 aromatic carbocycles. The SMILES string of the molecule is CCCCCC[C@H](C)NC(=O)C(C)(C)Oc1ccc(Cl)cc1. The third-order valence-electron chi connectivity index (χ3n) is 3.60. The minimum atomic E-state index is -0.911. The van der Waals surface area contributed by atoms with Gasteiger partial charge < -0.3 is 10.1 Å². The van der Waals surface area contributed by atoms with Crippen LogP contribution in [-0.4, -0.2) is 17.6 Å². The van der Waals surface area contributed by atoms with Crippen LogP contribution in [0.1, 0.15) is 59.8 Å². The van der Waals surface area contributed by atoms with Crippen molar-refractivity contribution in [3.8, 4) is 5.75 Å². The number of ether oxygens (including phenoxy) is 1. The molecule has 0 saturated carbocycles. The molecular weight excluding hydrogens is 298 g/mol. The van der Waals surface area contributed by atoms with Crippen LogP contribution < -0.4 is 10.1 Å². The van der Waals surface area contributed by atoms with Crippen LogP contribution >= 0.6 is 11.6 Å². The Morgan fingerprint density at radius 2 is 1.86 bits per heavy atom. The predicted octanol–water partition coefficient (Wildman–Crippen LogP) is 4.97. The Balaban J connectivity index is 2.46. The minimum absolute atomic E-state index is 0.0922. The van der Waals surface area contributed by atoms with Crippen LogP contribution in [0.2, 0.25) is 5.02 Å². The Morgan fingerprint density at radius 1 is 1.23 bits per heavy atom. The maximum Gasteiger partial charge on any atom is 0.263 e. The number of carbonyl (C=O) groups excluding carboxylic acids is 1. The van der Waals surface area contributed by atoms with Gasteiger partial charge in [0.1, 0.15) is 5.75 Å². The molecule has 0 aliphatic heterocycles. The van der Waals surface area contributed by atoms with Gasteiger partial charge in [0.15, 0.2) is 5.60 Å². The zero-order valence-electron chi connectivity index (χ0n) is 14.1. The average molecular weight is 326 g/mol. The van der Waals surface area contributed by atoms with E-state index < -0.39 is 5.60 Å². The number of rotatable bonds is 9. The molecular formula is C18H28ClNO2. The lowest BCUT2D eigenvalue weighted by atomic mass is 10.1. The van der Waals surface area contributed by atoms with Gasteiger partial charge in [-0.1, -0.05) is 44.2 Å². The van der Waals surface area contributed by atoms with Gasteiger partial charge in [0, 0.05) is 11.1 Å². The van der Waals surface area contributed by atoms with E-state index in [-0.39, 0.29) is 11.9 Å². The van der Waals surface area contributed by atoms with Crippen molar-refractivity contribution in [1.82, 2.24) is 5.32 Å². The standard InChI is InChI=1S/C18H28ClNO2/c1-5-6-7-8-9-14(2)20-17(21)18(3,4)22-16-12-10-15(19)11-13-16/h10-14H,5-9H2,1-4H3,(H,20,21)/t14-/m0/s1. The molecule has 0 saturated heterocycles. The Kier molecular flexibility index (Phi) is 7.74. The normalized spacial score (nSPS) is 12.8. The first-order valence-corrected chi connectivity index (χ1v) is 8.48. The van der Waals surface area contributed by atoms with Crippen molar-refractivity contribution in [2.75, 3.05) is 0 Å². The summed E-state index contributed by atoms with van der Waals surface area (Å²) in [5.74, 6) is 0.547. The van der Waals surface area contributed by atoms with Gasteiger partial charge >= 0.3 is 0 Å². The number of halogens is 1. The van der Waals surface area contributed by atoms with E-state index in [2.05, 4.69) is 12.2 Å². The summed E-state index contributed by atoms with van der Waals surface area (Å²) in [5, 5.41) is 3.69. The van der Waals surface area contributed by atoms with Gasteiger partial charge in [-0.05, 0) is 51.5 Å². The first-order valence-electron chi connectivity index (χ1n) is 8.10. The highest BCUT2D eigenvalue weighted by Crippen LogP contribution is 2.21. The zero-order chi connectivity index (χ0) is 16.6. The molecule has 0 heterocycles. The van der Waals surface area contributed by atoms with E-state index in [0.717, 1.165) is 12.8 Å². The van der Waals surface area contributed by atoms with E-state index in [1.54, 1.807) is 38.1 Å². The fraction of sp³-hybridized carbons (Fsp3) is 0.611. The molecule has 0 aliphatic rings. The van der Waals surface area contributed by atoms with Crippen LogP contribution in [0.25, 0.3) is 0 Å². The summed E-state index contributed by atoms with van der Waals surface area (Å²) in [5.41, 5.74) is -0.911. The van der Waals surface area contributed by atoms with Gasteiger partial charge in [-0.3, -0.25) is 4.79 Å². The summed E-state index contributed by atoms with van der Waals surface area (Å²) in [6, 6.07) is 7.21. The highest BCUT2D eigenvalue weighted by molar-refractivity contribution is 6.30. The Labute approximate surface area is 139 Å². The van der Waals surface area contributed by atoms with Crippen molar-refractivity contribution >= 4 is 17.5 Å². The monoisotopic (exact) mass is 325 g/mol. The van der Waals surface area contributed by atoms with Crippen LogP contribution in [0.5, 0.6) is 5.75 Å². The molecule has 0 bridgehead atoms. The summed E-state index contributed by atoms with van der Waals surface area (Å²) in [7, 11) is 0. The van der Waals surface area contributed by atoms with Gasteiger partial charge in [-0.2, -0.15) is 0 Å². The number of nitrogens with one attached hydrogen (secondary N) is 1. The highest BCUT2D eigenvalue weighted by atomic mass is 35.5. The van der Waals surface area contributed by atoms with Crippen LogP contribution in [0.15, 0.2) is 24.3 Å². The molecule has 0 fully saturated rings. The van der Waals surface area contributed by atoms with Crippen molar-refractivity contribution in [3.05, 3.63) is 29.3 Å². The van der Waals surface area contributed by atoms with Crippen molar-refractivity contribution in [2.45, 2.75) is 71.4 Å². The maximum absolute atomic E-state index is 12.4. The minimum Gasteiger partial charge on any atom is -0.478 e. The zero-order valence-corrected chi connectivity index (χ0v) is 14.9. The molecule has 0 spiro atoms. The number of amides is 1. The fourth-order valence-corrected chi connectivity index (χ4v) is 2.32. The van der Waals surface area contributed by atoms with Gasteiger partial charge in [0.25, 0.3) is 5.91 Å². The molecule has 1 atom stereocenters. The molecule has 0 aromatic heterocycles. The van der Waals surface area contributed by atoms with Gasteiger partial charge in [0.2, 0.25) is 0 Å². The van der Waals surface area contributed by atoms with Crippen LogP contribution in [0.3, 0.4) is 0 Å². The van der Waals surface area contributed by atoms with Gasteiger partial charge in [-0.25, -0.2) is 0 Å². The molecule has 1 amide bonds. The van der Waals surface area contributed by atoms with Gasteiger partial charge in [0.05, 0.1) is 0 Å². The topological polar surface area (TPSA) is 38.3 Å². The van der Waals surface area contributed by atoms with Crippen LogP contribution in [-0.2, 0) is 4.79 Å². The lowest BCUT2D eigenvalue weighted by molar-refractivity contribution is -0.134. The average Bonchev–Trinajstić information content (AvgIpc) is 2.46. The number of benzene rings is 1. The number of hydrogen-bond donors (Lipinski definition) is 1. The van der Waals surface area contributed by atoms with E-state index in [9.17, 15) is 4.79 Å². The number of carbonyl (C=O) groups is 1. The first kappa shape index (κ1) is 18.8. The third kappa shape index (κ3) is 6.69. The second-order valence-corrected chi connectivity index (χ2v) is 6.73.